The molecule has 0 aliphatic carbocycles. The van der Waals surface area contributed by atoms with Gasteiger partial charge < -0.3 is 10.6 Å². The molecule has 0 saturated heterocycles. The Kier molecular flexibility index (Phi) is 2.74. The van der Waals surface area contributed by atoms with Gasteiger partial charge in [-0.3, -0.25) is 0 Å². The highest BCUT2D eigenvalue weighted by Crippen LogP contribution is 2.34. The van der Waals surface area contributed by atoms with Gasteiger partial charge in [-0.05, 0) is 39.5 Å². The lowest BCUT2D eigenvalue weighted by atomic mass is 10.1. The third kappa shape index (κ3) is 1.77. The first-order chi connectivity index (χ1) is 8.66. The Hall–Kier alpha value is -1.55. The van der Waals surface area contributed by atoms with Gasteiger partial charge in [-0.1, -0.05) is 24.3 Å². The summed E-state index contributed by atoms with van der Waals surface area (Å²) in [5.41, 5.74) is 10.4. The number of nitrogens with two attached hydrogens (primary N) is 1. The number of rotatable bonds is 1. The number of pyridine rings is 1. The molecule has 4 heteroatoms. The normalized spacial score (nSPS) is 13.8. The summed E-state index contributed by atoms with van der Waals surface area (Å²) in [6.45, 7) is 3.82. The molecule has 1 aromatic carbocycles. The van der Waals surface area contributed by atoms with Crippen LogP contribution in [-0.2, 0) is 13.1 Å². The van der Waals surface area contributed by atoms with Crippen LogP contribution in [-0.4, -0.2) is 4.98 Å². The Bertz CT molecular complexity index is 585. The van der Waals surface area contributed by atoms with Crippen LogP contribution >= 0.6 is 15.9 Å². The van der Waals surface area contributed by atoms with Gasteiger partial charge >= 0.3 is 0 Å². The first kappa shape index (κ1) is 11.5. The number of aromatic nitrogens is 1. The van der Waals surface area contributed by atoms with Crippen LogP contribution in [0.4, 0.5) is 11.5 Å². The number of hydrogen-bond donors (Lipinski definition) is 1. The average molecular weight is 304 g/mol. The predicted molar refractivity (Wildman–Crippen MR) is 77.4 cm³/mol. The van der Waals surface area contributed by atoms with E-state index >= 15 is 0 Å². The molecule has 3 rings (SSSR count). The van der Waals surface area contributed by atoms with Crippen LogP contribution in [0.3, 0.4) is 0 Å². The van der Waals surface area contributed by atoms with Crippen molar-refractivity contribution in [2.24, 2.45) is 0 Å². The maximum Gasteiger partial charge on any atom is 0.143 e. The molecule has 0 bridgehead atoms. The molecule has 0 spiro atoms. The van der Waals surface area contributed by atoms with E-state index < -0.39 is 0 Å². The lowest BCUT2D eigenvalue weighted by Crippen LogP contribution is -2.17. The number of anilines is 2. The lowest BCUT2D eigenvalue weighted by Gasteiger charge is -2.19. The molecule has 92 valence electrons. The third-order valence-electron chi connectivity index (χ3n) is 3.42. The summed E-state index contributed by atoms with van der Waals surface area (Å²) < 4.78 is 0.996. The fourth-order valence-electron chi connectivity index (χ4n) is 2.28. The smallest absolute Gasteiger partial charge is 0.143 e. The van der Waals surface area contributed by atoms with E-state index in [9.17, 15) is 0 Å². The van der Waals surface area contributed by atoms with Crippen LogP contribution in [0.5, 0.6) is 0 Å². The van der Waals surface area contributed by atoms with E-state index in [0.29, 0.717) is 0 Å². The molecular formula is C14H14BrN3. The van der Waals surface area contributed by atoms with Gasteiger partial charge in [0.05, 0.1) is 16.4 Å². The Morgan fingerprint density at radius 3 is 2.44 bits per heavy atom. The largest absolute Gasteiger partial charge is 0.397 e. The van der Waals surface area contributed by atoms with E-state index in [-0.39, 0.29) is 0 Å². The van der Waals surface area contributed by atoms with Crippen molar-refractivity contribution in [3.8, 4) is 0 Å². The van der Waals surface area contributed by atoms with Crippen molar-refractivity contribution in [3.63, 3.8) is 0 Å². The zero-order valence-corrected chi connectivity index (χ0v) is 11.7. The number of nitrogens with zero attached hydrogens (tertiary/aromatic N) is 2. The van der Waals surface area contributed by atoms with Gasteiger partial charge in [0.1, 0.15) is 5.82 Å². The summed E-state index contributed by atoms with van der Waals surface area (Å²) >= 11 is 3.60. The molecule has 2 heterocycles. The number of benzene rings is 1. The Morgan fingerprint density at radius 2 is 1.83 bits per heavy atom. The van der Waals surface area contributed by atoms with E-state index in [0.717, 1.165) is 34.6 Å². The third-order valence-corrected chi connectivity index (χ3v) is 4.37. The summed E-state index contributed by atoms with van der Waals surface area (Å²) in [4.78, 5) is 6.72. The molecule has 0 saturated carbocycles. The highest BCUT2D eigenvalue weighted by atomic mass is 79.9. The van der Waals surface area contributed by atoms with Gasteiger partial charge in [0.2, 0.25) is 0 Å². The molecule has 0 fully saturated rings. The second kappa shape index (κ2) is 4.28. The molecule has 0 amide bonds. The molecular weight excluding hydrogens is 290 g/mol. The Labute approximate surface area is 115 Å². The fourth-order valence-corrected chi connectivity index (χ4v) is 2.86. The predicted octanol–water partition coefficient (Wildman–Crippen LogP) is 3.25. The first-order valence-corrected chi connectivity index (χ1v) is 6.68. The van der Waals surface area contributed by atoms with Crippen LogP contribution in [0.25, 0.3) is 0 Å². The van der Waals surface area contributed by atoms with Crippen LogP contribution in [0.2, 0.25) is 0 Å². The van der Waals surface area contributed by atoms with Crippen molar-refractivity contribution in [1.82, 2.24) is 4.98 Å². The zero-order chi connectivity index (χ0) is 12.7. The highest BCUT2D eigenvalue weighted by Gasteiger charge is 2.22. The van der Waals surface area contributed by atoms with E-state index in [1.165, 1.54) is 11.1 Å². The van der Waals surface area contributed by atoms with Gasteiger partial charge in [-0.25, -0.2) is 4.98 Å². The zero-order valence-electron chi connectivity index (χ0n) is 10.2. The van der Waals surface area contributed by atoms with Gasteiger partial charge in [0.25, 0.3) is 0 Å². The second-order valence-electron chi connectivity index (χ2n) is 4.60. The molecule has 0 atom stereocenters. The number of halogens is 1. The molecule has 18 heavy (non-hydrogen) atoms. The van der Waals surface area contributed by atoms with Crippen LogP contribution in [0.15, 0.2) is 34.9 Å². The van der Waals surface area contributed by atoms with Crippen LogP contribution in [0, 0.1) is 6.92 Å². The molecule has 1 aliphatic heterocycles. The topological polar surface area (TPSA) is 42.1 Å². The summed E-state index contributed by atoms with van der Waals surface area (Å²) in [5, 5.41) is 0. The molecule has 1 aliphatic rings. The van der Waals surface area contributed by atoms with Crippen molar-refractivity contribution < 1.29 is 0 Å². The van der Waals surface area contributed by atoms with Crippen molar-refractivity contribution in [2.45, 2.75) is 20.0 Å². The average Bonchev–Trinajstić information content (AvgIpc) is 2.79. The van der Waals surface area contributed by atoms with Gasteiger partial charge in [-0.15, -0.1) is 0 Å². The molecule has 2 N–H and O–H groups in total. The van der Waals surface area contributed by atoms with Crippen LogP contribution < -0.4 is 10.6 Å². The quantitative estimate of drug-likeness (QED) is 0.879. The molecule has 3 nitrogen and oxygen atoms in total. The SMILES string of the molecule is Cc1c(N)cnc(N2Cc3ccccc3C2)c1Br. The maximum absolute atomic E-state index is 5.86. The summed E-state index contributed by atoms with van der Waals surface area (Å²) in [6.07, 6.45) is 1.73. The van der Waals surface area contributed by atoms with E-state index in [1.807, 2.05) is 6.92 Å². The van der Waals surface area contributed by atoms with Gasteiger partial charge in [0, 0.05) is 13.1 Å². The summed E-state index contributed by atoms with van der Waals surface area (Å²) in [5.74, 6) is 0.970. The highest BCUT2D eigenvalue weighted by molar-refractivity contribution is 9.10. The van der Waals surface area contributed by atoms with Crippen LogP contribution in [0.1, 0.15) is 16.7 Å². The second-order valence-corrected chi connectivity index (χ2v) is 5.39. The summed E-state index contributed by atoms with van der Waals surface area (Å²) in [6, 6.07) is 8.51. The van der Waals surface area contributed by atoms with Crippen molar-refractivity contribution >= 4 is 27.4 Å². The first-order valence-electron chi connectivity index (χ1n) is 5.89. The lowest BCUT2D eigenvalue weighted by molar-refractivity contribution is 0.852. The Morgan fingerprint density at radius 1 is 1.22 bits per heavy atom. The summed E-state index contributed by atoms with van der Waals surface area (Å²) in [7, 11) is 0. The van der Waals surface area contributed by atoms with E-state index in [1.54, 1.807) is 6.20 Å². The molecule has 2 aromatic rings. The molecule has 0 radical (unpaired) electrons. The minimum Gasteiger partial charge on any atom is -0.397 e. The molecule has 0 unspecified atom stereocenters. The van der Waals surface area contributed by atoms with Crippen molar-refractivity contribution in [1.29, 1.82) is 0 Å². The van der Waals surface area contributed by atoms with Crippen molar-refractivity contribution in [3.05, 3.63) is 51.6 Å². The molecule has 1 aromatic heterocycles. The van der Waals surface area contributed by atoms with E-state index in [2.05, 4.69) is 50.1 Å². The number of fused-ring (bicyclic) bond motifs is 1. The van der Waals surface area contributed by atoms with Crippen molar-refractivity contribution in [2.75, 3.05) is 10.6 Å². The fraction of sp³-hybridized carbons (Fsp3) is 0.214. The van der Waals surface area contributed by atoms with E-state index in [4.69, 9.17) is 5.73 Å². The van der Waals surface area contributed by atoms with Gasteiger partial charge in [-0.2, -0.15) is 0 Å². The monoisotopic (exact) mass is 303 g/mol. The Balaban J connectivity index is 1.98. The minimum atomic E-state index is 0.724. The van der Waals surface area contributed by atoms with Gasteiger partial charge in [0.15, 0.2) is 0 Å². The minimum absolute atomic E-state index is 0.724. The standard InChI is InChI=1S/C14H14BrN3/c1-9-12(16)6-17-14(13(9)15)18-7-10-4-2-3-5-11(10)8-18/h2-6H,7-8,16H2,1H3. The number of nitrogen functional groups attached to an aromatic ring is 1. The number of hydrogen-bond acceptors (Lipinski definition) is 3. The maximum atomic E-state index is 5.86.